The third kappa shape index (κ3) is 1.44. The van der Waals surface area contributed by atoms with E-state index in [1.165, 1.54) is 32.1 Å². The summed E-state index contributed by atoms with van der Waals surface area (Å²) < 4.78 is 0. The molecule has 3 saturated carbocycles. The minimum atomic E-state index is 0.707. The van der Waals surface area contributed by atoms with Crippen molar-refractivity contribution < 1.29 is 4.79 Å². The molecule has 3 aliphatic rings. The Morgan fingerprint density at radius 3 is 2.50 bits per heavy atom. The summed E-state index contributed by atoms with van der Waals surface area (Å²) in [6, 6.07) is 0. The van der Waals surface area contributed by atoms with Gasteiger partial charge in [0.25, 0.3) is 0 Å². The van der Waals surface area contributed by atoms with Gasteiger partial charge in [-0.25, -0.2) is 9.79 Å². The van der Waals surface area contributed by atoms with Crippen LogP contribution in [0.15, 0.2) is 4.99 Å². The van der Waals surface area contributed by atoms with Crippen molar-refractivity contribution in [3.63, 3.8) is 0 Å². The van der Waals surface area contributed by atoms with Gasteiger partial charge in [0, 0.05) is 0 Å². The van der Waals surface area contributed by atoms with Crippen LogP contribution in [0.4, 0.5) is 0 Å². The first kappa shape index (κ1) is 8.00. The van der Waals surface area contributed by atoms with Gasteiger partial charge in [-0.3, -0.25) is 0 Å². The number of hydrogen-bond donors (Lipinski definition) is 0. The van der Waals surface area contributed by atoms with Crippen LogP contribution >= 0.6 is 0 Å². The minimum Gasteiger partial charge on any atom is -0.211 e. The summed E-state index contributed by atoms with van der Waals surface area (Å²) in [5.41, 5.74) is 0. The van der Waals surface area contributed by atoms with Crippen LogP contribution in [0.5, 0.6) is 0 Å². The van der Waals surface area contributed by atoms with Crippen LogP contribution < -0.4 is 0 Å². The molecular formula is C10H15NO. The van der Waals surface area contributed by atoms with Crippen molar-refractivity contribution in [3.8, 4) is 0 Å². The van der Waals surface area contributed by atoms with E-state index in [2.05, 4.69) is 4.99 Å². The first-order valence-corrected chi connectivity index (χ1v) is 4.94. The summed E-state index contributed by atoms with van der Waals surface area (Å²) in [4.78, 5) is 13.7. The highest BCUT2D eigenvalue weighted by Gasteiger charge is 2.34. The summed E-state index contributed by atoms with van der Waals surface area (Å²) in [5.74, 6) is 2.52. The second-order valence-electron chi connectivity index (χ2n) is 4.21. The number of carbonyl (C=O) groups excluding carboxylic acids is 1. The van der Waals surface area contributed by atoms with Crippen LogP contribution in [0.2, 0.25) is 0 Å². The molecule has 2 heteroatoms. The first-order valence-electron chi connectivity index (χ1n) is 4.94. The van der Waals surface area contributed by atoms with Gasteiger partial charge in [-0.15, -0.1) is 0 Å². The zero-order valence-corrected chi connectivity index (χ0v) is 7.33. The quantitative estimate of drug-likeness (QED) is 0.455. The second-order valence-corrected chi connectivity index (χ2v) is 4.21. The molecule has 12 heavy (non-hydrogen) atoms. The van der Waals surface area contributed by atoms with Gasteiger partial charge in [-0.1, -0.05) is 12.8 Å². The summed E-state index contributed by atoms with van der Waals surface area (Å²) in [6.07, 6.45) is 8.57. The lowest BCUT2D eigenvalue weighted by Crippen LogP contribution is -2.32. The van der Waals surface area contributed by atoms with Crippen LogP contribution in [0.1, 0.15) is 32.1 Å². The molecule has 2 bridgehead atoms. The molecule has 3 aliphatic carbocycles. The number of nitrogens with zero attached hydrogens (tertiary/aromatic N) is 1. The maximum absolute atomic E-state index is 9.96. The number of rotatable bonds is 2. The van der Waals surface area contributed by atoms with Crippen LogP contribution in [0.3, 0.4) is 0 Å². The van der Waals surface area contributed by atoms with E-state index in [1.807, 2.05) is 0 Å². The summed E-state index contributed by atoms with van der Waals surface area (Å²) in [6.45, 7) is 0.741. The predicted octanol–water partition coefficient (Wildman–Crippen LogP) is 2.15. The molecule has 0 heterocycles. The van der Waals surface area contributed by atoms with Gasteiger partial charge >= 0.3 is 0 Å². The van der Waals surface area contributed by atoms with Gasteiger partial charge in [-0.05, 0) is 37.0 Å². The van der Waals surface area contributed by atoms with E-state index in [1.54, 1.807) is 6.08 Å². The monoisotopic (exact) mass is 165 g/mol. The molecule has 0 aromatic carbocycles. The smallest absolute Gasteiger partial charge is 0.211 e. The van der Waals surface area contributed by atoms with Gasteiger partial charge in [-0.2, -0.15) is 0 Å². The molecule has 3 rings (SSSR count). The number of fused-ring (bicyclic) bond motifs is 3. The Labute approximate surface area is 73.1 Å². The topological polar surface area (TPSA) is 29.4 Å². The standard InChI is InChI=1S/C10H15NO/c12-7-11-6-10-5-8-1-3-9(10)4-2-8/h8-10H,1-6H2. The van der Waals surface area contributed by atoms with Crippen molar-refractivity contribution in [2.75, 3.05) is 6.54 Å². The van der Waals surface area contributed by atoms with E-state index >= 15 is 0 Å². The fourth-order valence-electron chi connectivity index (χ4n) is 2.89. The Morgan fingerprint density at radius 2 is 2.00 bits per heavy atom. The Balaban J connectivity index is 1.94. The van der Waals surface area contributed by atoms with Crippen molar-refractivity contribution >= 4 is 6.08 Å². The molecule has 0 N–H and O–H groups in total. The highest BCUT2D eigenvalue weighted by atomic mass is 16.1. The van der Waals surface area contributed by atoms with Crippen molar-refractivity contribution in [2.45, 2.75) is 32.1 Å². The molecule has 66 valence electrons. The molecule has 0 spiro atoms. The molecular weight excluding hydrogens is 150 g/mol. The van der Waals surface area contributed by atoms with Gasteiger partial charge in [0.15, 0.2) is 0 Å². The lowest BCUT2D eigenvalue weighted by atomic mass is 9.65. The highest BCUT2D eigenvalue weighted by Crippen LogP contribution is 2.44. The van der Waals surface area contributed by atoms with Crippen molar-refractivity contribution in [1.82, 2.24) is 0 Å². The molecule has 0 radical (unpaired) electrons. The molecule has 0 aromatic heterocycles. The maximum atomic E-state index is 9.96. The lowest BCUT2D eigenvalue weighted by molar-refractivity contribution is 0.105. The van der Waals surface area contributed by atoms with Crippen molar-refractivity contribution in [1.29, 1.82) is 0 Å². The fourth-order valence-corrected chi connectivity index (χ4v) is 2.89. The highest BCUT2D eigenvalue weighted by molar-refractivity contribution is 5.32. The van der Waals surface area contributed by atoms with Crippen molar-refractivity contribution in [3.05, 3.63) is 0 Å². The molecule has 0 amide bonds. The summed E-state index contributed by atoms with van der Waals surface area (Å²) >= 11 is 0. The Hall–Kier alpha value is -0.620. The predicted molar refractivity (Wildman–Crippen MR) is 46.5 cm³/mol. The lowest BCUT2D eigenvalue weighted by Gasteiger charge is -2.41. The molecule has 1 atom stereocenters. The van der Waals surface area contributed by atoms with Crippen molar-refractivity contribution in [2.24, 2.45) is 22.7 Å². The van der Waals surface area contributed by atoms with Crippen LogP contribution in [-0.4, -0.2) is 12.6 Å². The van der Waals surface area contributed by atoms with Gasteiger partial charge < -0.3 is 0 Å². The Morgan fingerprint density at radius 1 is 1.25 bits per heavy atom. The van der Waals surface area contributed by atoms with E-state index in [-0.39, 0.29) is 0 Å². The summed E-state index contributed by atoms with van der Waals surface area (Å²) in [5, 5.41) is 0. The molecule has 3 fully saturated rings. The minimum absolute atomic E-state index is 0.707. The van der Waals surface area contributed by atoms with E-state index < -0.39 is 0 Å². The van der Waals surface area contributed by atoms with Crippen LogP contribution in [0.25, 0.3) is 0 Å². The fraction of sp³-hybridized carbons (Fsp3) is 0.900. The molecule has 1 unspecified atom stereocenters. The van der Waals surface area contributed by atoms with E-state index in [0.29, 0.717) is 5.92 Å². The second kappa shape index (κ2) is 3.40. The Bertz CT molecular complexity index is 200. The maximum Gasteiger partial charge on any atom is 0.234 e. The summed E-state index contributed by atoms with van der Waals surface area (Å²) in [7, 11) is 0. The number of aliphatic imine (C=N–C) groups is 1. The Kier molecular flexibility index (Phi) is 2.27. The van der Waals surface area contributed by atoms with E-state index in [4.69, 9.17) is 0 Å². The van der Waals surface area contributed by atoms with Gasteiger partial charge in [0.1, 0.15) is 0 Å². The normalized spacial score (nSPS) is 39.2. The van der Waals surface area contributed by atoms with Gasteiger partial charge in [0.2, 0.25) is 6.08 Å². The van der Waals surface area contributed by atoms with Gasteiger partial charge in [0.05, 0.1) is 6.54 Å². The van der Waals surface area contributed by atoms with E-state index in [9.17, 15) is 4.79 Å². The molecule has 0 aromatic rings. The molecule has 0 aliphatic heterocycles. The molecule has 2 nitrogen and oxygen atoms in total. The zero-order valence-electron chi connectivity index (χ0n) is 7.33. The number of hydrogen-bond acceptors (Lipinski definition) is 2. The zero-order chi connectivity index (χ0) is 8.39. The van der Waals surface area contributed by atoms with Crippen LogP contribution in [0, 0.1) is 17.8 Å². The third-order valence-corrected chi connectivity index (χ3v) is 3.58. The third-order valence-electron chi connectivity index (χ3n) is 3.58. The number of isocyanates is 1. The largest absolute Gasteiger partial charge is 0.234 e. The first-order chi connectivity index (χ1) is 5.90. The van der Waals surface area contributed by atoms with E-state index in [0.717, 1.165) is 18.4 Å². The SMILES string of the molecule is O=C=NCC1CC2CCC1CC2. The van der Waals surface area contributed by atoms with Crippen LogP contribution in [-0.2, 0) is 4.79 Å². The average Bonchev–Trinajstić information content (AvgIpc) is 2.17. The molecule has 0 saturated heterocycles. The average molecular weight is 165 g/mol.